The molecule has 1 N–H and O–H groups in total. The van der Waals surface area contributed by atoms with E-state index in [0.29, 0.717) is 30.3 Å². The molecule has 0 saturated heterocycles. The fraction of sp³-hybridized carbons (Fsp3) is 0.500. The van der Waals surface area contributed by atoms with Crippen LogP contribution in [-0.4, -0.2) is 37.5 Å². The van der Waals surface area contributed by atoms with Gasteiger partial charge in [0.15, 0.2) is 5.78 Å². The average molecular weight is 335 g/mol. The summed E-state index contributed by atoms with van der Waals surface area (Å²) in [5.74, 6) is -1.77. The van der Waals surface area contributed by atoms with Crippen molar-refractivity contribution >= 4 is 11.6 Å². The first kappa shape index (κ1) is 16.5. The maximum Gasteiger partial charge on any atom is 0.252 e. The molecular weight excluding hydrogens is 316 g/mol. The van der Waals surface area contributed by atoms with Crippen molar-refractivity contribution in [3.8, 4) is 5.95 Å². The van der Waals surface area contributed by atoms with Gasteiger partial charge in [-0.2, -0.15) is 10.1 Å². The topological polar surface area (TPSA) is 72.7 Å². The number of nitrogens with zero attached hydrogens (tertiary/aromatic N) is 4. The molecule has 2 heterocycles. The second-order valence-corrected chi connectivity index (χ2v) is 6.17. The zero-order valence-corrected chi connectivity index (χ0v) is 13.6. The highest BCUT2D eigenvalue weighted by molar-refractivity contribution is 5.91. The van der Waals surface area contributed by atoms with E-state index in [1.807, 2.05) is 6.92 Å². The minimum atomic E-state index is -2.55. The molecule has 128 valence electrons. The molecule has 3 rings (SSSR count). The molecule has 1 aliphatic carbocycles. The number of anilines is 1. The molecule has 0 bridgehead atoms. The van der Waals surface area contributed by atoms with Crippen LogP contribution in [0.5, 0.6) is 0 Å². The number of ketones is 1. The minimum absolute atomic E-state index is 0.0304. The van der Waals surface area contributed by atoms with E-state index >= 15 is 0 Å². The molecule has 2 aromatic heterocycles. The molecule has 0 radical (unpaired) electrons. The maximum absolute atomic E-state index is 13.2. The van der Waals surface area contributed by atoms with Crippen molar-refractivity contribution in [2.45, 2.75) is 51.5 Å². The van der Waals surface area contributed by atoms with Gasteiger partial charge in [0, 0.05) is 43.8 Å². The Labute approximate surface area is 138 Å². The van der Waals surface area contributed by atoms with E-state index < -0.39 is 5.92 Å². The summed E-state index contributed by atoms with van der Waals surface area (Å²) in [6, 6.07) is 3.34. The Morgan fingerprint density at radius 3 is 2.67 bits per heavy atom. The van der Waals surface area contributed by atoms with E-state index in [2.05, 4.69) is 20.4 Å². The standard InChI is InChI=1S/C16H19F2N5O/c1-10-9-14(20-12-3-6-16(17,18)7-4-12)21-15(19-10)23-8-5-13(22-23)11(2)24/h5,8-9,12H,3-4,6-7H2,1-2H3,(H,19,20,21). The summed E-state index contributed by atoms with van der Waals surface area (Å²) >= 11 is 0. The van der Waals surface area contributed by atoms with Crippen molar-refractivity contribution in [2.75, 3.05) is 5.32 Å². The van der Waals surface area contributed by atoms with Gasteiger partial charge in [-0.05, 0) is 25.8 Å². The van der Waals surface area contributed by atoms with Crippen molar-refractivity contribution in [1.29, 1.82) is 0 Å². The van der Waals surface area contributed by atoms with Gasteiger partial charge in [0.25, 0.3) is 5.95 Å². The van der Waals surface area contributed by atoms with Gasteiger partial charge >= 0.3 is 0 Å². The van der Waals surface area contributed by atoms with Gasteiger partial charge < -0.3 is 5.32 Å². The van der Waals surface area contributed by atoms with Crippen LogP contribution in [0.1, 0.15) is 48.8 Å². The van der Waals surface area contributed by atoms with Crippen LogP contribution in [0.4, 0.5) is 14.6 Å². The monoisotopic (exact) mass is 335 g/mol. The van der Waals surface area contributed by atoms with Gasteiger partial charge in [-0.25, -0.2) is 18.4 Å². The van der Waals surface area contributed by atoms with E-state index in [1.165, 1.54) is 11.6 Å². The second-order valence-electron chi connectivity index (χ2n) is 6.17. The zero-order chi connectivity index (χ0) is 17.3. The van der Waals surface area contributed by atoms with Crippen LogP contribution < -0.4 is 5.32 Å². The lowest BCUT2D eigenvalue weighted by Crippen LogP contribution is -2.32. The molecule has 8 heteroatoms. The number of carbonyl (C=O) groups excluding carboxylic acids is 1. The third kappa shape index (κ3) is 3.74. The Balaban J connectivity index is 1.77. The summed E-state index contributed by atoms with van der Waals surface area (Å²) < 4.78 is 27.9. The zero-order valence-electron chi connectivity index (χ0n) is 13.6. The molecule has 6 nitrogen and oxygen atoms in total. The quantitative estimate of drug-likeness (QED) is 0.869. The average Bonchev–Trinajstić information content (AvgIpc) is 2.99. The van der Waals surface area contributed by atoms with E-state index in [-0.39, 0.29) is 24.7 Å². The lowest BCUT2D eigenvalue weighted by Gasteiger charge is -2.29. The molecule has 0 atom stereocenters. The van der Waals surface area contributed by atoms with Crippen molar-refractivity contribution in [3.05, 3.63) is 29.7 Å². The molecule has 1 saturated carbocycles. The maximum atomic E-state index is 13.2. The number of alkyl halides is 2. The molecule has 0 aromatic carbocycles. The number of carbonyl (C=O) groups is 1. The third-order valence-corrected chi connectivity index (χ3v) is 4.07. The summed E-state index contributed by atoms with van der Waals surface area (Å²) in [6.07, 6.45) is 2.21. The van der Waals surface area contributed by atoms with Gasteiger partial charge in [0.05, 0.1) is 0 Å². The first-order valence-electron chi connectivity index (χ1n) is 7.89. The van der Waals surface area contributed by atoms with E-state index in [1.54, 1.807) is 18.3 Å². The van der Waals surface area contributed by atoms with Crippen molar-refractivity contribution in [2.24, 2.45) is 0 Å². The van der Waals surface area contributed by atoms with Gasteiger partial charge in [0.1, 0.15) is 11.5 Å². The smallest absolute Gasteiger partial charge is 0.252 e. The lowest BCUT2D eigenvalue weighted by atomic mass is 9.92. The largest absolute Gasteiger partial charge is 0.367 e. The summed E-state index contributed by atoms with van der Waals surface area (Å²) in [5.41, 5.74) is 1.06. The van der Waals surface area contributed by atoms with E-state index in [4.69, 9.17) is 0 Å². The summed E-state index contributed by atoms with van der Waals surface area (Å²) in [7, 11) is 0. The highest BCUT2D eigenvalue weighted by atomic mass is 19.3. The Bertz CT molecular complexity index is 749. The SMILES string of the molecule is CC(=O)c1ccn(-c2nc(C)cc(NC3CCC(F)(F)CC3)n2)n1. The van der Waals surface area contributed by atoms with Crippen molar-refractivity contribution in [1.82, 2.24) is 19.7 Å². The van der Waals surface area contributed by atoms with Gasteiger partial charge in [-0.1, -0.05) is 0 Å². The molecule has 0 aliphatic heterocycles. The van der Waals surface area contributed by atoms with Gasteiger partial charge in [0.2, 0.25) is 5.92 Å². The third-order valence-electron chi connectivity index (χ3n) is 4.07. The molecular formula is C16H19F2N5O. The van der Waals surface area contributed by atoms with Crippen LogP contribution >= 0.6 is 0 Å². The number of halogens is 2. The van der Waals surface area contributed by atoms with Crippen molar-refractivity contribution in [3.63, 3.8) is 0 Å². The number of nitrogens with one attached hydrogen (secondary N) is 1. The normalized spacial score (nSPS) is 17.7. The van der Waals surface area contributed by atoms with Crippen LogP contribution in [0.15, 0.2) is 18.3 Å². The molecule has 0 amide bonds. The van der Waals surface area contributed by atoms with Crippen LogP contribution in [0, 0.1) is 6.92 Å². The summed E-state index contributed by atoms with van der Waals surface area (Å²) in [6.45, 7) is 3.26. The van der Waals surface area contributed by atoms with Crippen molar-refractivity contribution < 1.29 is 13.6 Å². The second kappa shape index (κ2) is 6.26. The lowest BCUT2D eigenvalue weighted by molar-refractivity contribution is -0.0361. The first-order valence-corrected chi connectivity index (χ1v) is 7.89. The number of aromatic nitrogens is 4. The Morgan fingerprint density at radius 1 is 1.33 bits per heavy atom. The number of hydrogen-bond acceptors (Lipinski definition) is 5. The molecule has 24 heavy (non-hydrogen) atoms. The molecule has 2 aromatic rings. The van der Waals surface area contributed by atoms with Crippen LogP contribution in [0.3, 0.4) is 0 Å². The first-order chi connectivity index (χ1) is 11.3. The number of rotatable bonds is 4. The minimum Gasteiger partial charge on any atom is -0.367 e. The summed E-state index contributed by atoms with van der Waals surface area (Å²) in [5, 5.41) is 7.35. The predicted octanol–water partition coefficient (Wildman–Crippen LogP) is 3.16. The Kier molecular flexibility index (Phi) is 4.29. The summed E-state index contributed by atoms with van der Waals surface area (Å²) in [4.78, 5) is 20.0. The highest BCUT2D eigenvalue weighted by Crippen LogP contribution is 2.34. The Hall–Kier alpha value is -2.38. The van der Waals surface area contributed by atoms with E-state index in [0.717, 1.165) is 5.69 Å². The Morgan fingerprint density at radius 2 is 2.04 bits per heavy atom. The number of hydrogen-bond donors (Lipinski definition) is 1. The molecule has 1 aliphatic rings. The molecule has 1 fully saturated rings. The van der Waals surface area contributed by atoms with Gasteiger partial charge in [-0.3, -0.25) is 4.79 Å². The molecule has 0 unspecified atom stereocenters. The van der Waals surface area contributed by atoms with E-state index in [9.17, 15) is 13.6 Å². The van der Waals surface area contributed by atoms with Crippen LogP contribution in [0.2, 0.25) is 0 Å². The fourth-order valence-electron chi connectivity index (χ4n) is 2.75. The van der Waals surface area contributed by atoms with Crippen LogP contribution in [0.25, 0.3) is 5.95 Å². The number of Topliss-reactive ketones (excluding diaryl/α,β-unsaturated/α-hetero) is 1. The highest BCUT2D eigenvalue weighted by Gasteiger charge is 2.34. The number of aryl methyl sites for hydroxylation is 1. The predicted molar refractivity (Wildman–Crippen MR) is 84.7 cm³/mol. The fourth-order valence-corrected chi connectivity index (χ4v) is 2.75. The van der Waals surface area contributed by atoms with Gasteiger partial charge in [-0.15, -0.1) is 0 Å². The van der Waals surface area contributed by atoms with Crippen LogP contribution in [-0.2, 0) is 0 Å². The molecule has 0 spiro atoms.